The van der Waals surface area contributed by atoms with Crippen LogP contribution in [0.25, 0.3) is 11.3 Å². The van der Waals surface area contributed by atoms with Gasteiger partial charge in [-0.1, -0.05) is 42.5 Å². The molecule has 0 saturated heterocycles. The van der Waals surface area contributed by atoms with Gasteiger partial charge in [-0.15, -0.1) is 5.10 Å². The number of carbonyl (C=O) groups is 1. The smallest absolute Gasteiger partial charge is 0.432 e. The van der Waals surface area contributed by atoms with Crippen molar-refractivity contribution >= 4 is 23.4 Å². The third-order valence-corrected chi connectivity index (χ3v) is 4.64. The van der Waals surface area contributed by atoms with Crippen LogP contribution >= 0.6 is 0 Å². The molecule has 0 aliphatic heterocycles. The van der Waals surface area contributed by atoms with Crippen LogP contribution in [0.2, 0.25) is 0 Å². The number of hydrogen-bond donors (Lipinski definition) is 3. The number of aryl methyl sites for hydroxylation is 1. The third-order valence-electron chi connectivity index (χ3n) is 4.64. The first kappa shape index (κ1) is 19.2. The molecule has 30 heavy (non-hydrogen) atoms. The average Bonchev–Trinajstić information content (AvgIpc) is 3.09. The Morgan fingerprint density at radius 1 is 1.00 bits per heavy atom. The van der Waals surface area contributed by atoms with Gasteiger partial charge in [0.25, 0.3) is 0 Å². The van der Waals surface area contributed by atoms with Crippen molar-refractivity contribution in [1.29, 1.82) is 0 Å². The predicted molar refractivity (Wildman–Crippen MR) is 117 cm³/mol. The minimum atomic E-state index is -1.13. The van der Waals surface area contributed by atoms with Crippen LogP contribution in [-0.4, -0.2) is 26.0 Å². The number of rotatable bonds is 5. The zero-order valence-electron chi connectivity index (χ0n) is 16.4. The molecular weight excluding hydrogens is 378 g/mol. The fourth-order valence-electron chi connectivity index (χ4n) is 3.29. The summed E-state index contributed by atoms with van der Waals surface area (Å²) in [6.07, 6.45) is -0.401. The van der Waals surface area contributed by atoms with Gasteiger partial charge in [0.15, 0.2) is 5.82 Å². The highest BCUT2D eigenvalue weighted by Crippen LogP contribution is 2.26. The second-order valence-electron chi connectivity index (χ2n) is 7.02. The van der Waals surface area contributed by atoms with Gasteiger partial charge in [-0.3, -0.25) is 0 Å². The van der Waals surface area contributed by atoms with Crippen LogP contribution in [0.3, 0.4) is 0 Å². The lowest BCUT2D eigenvalue weighted by Crippen LogP contribution is -2.11. The fraction of sp³-hybridized carbons (Fsp3) is 0.0870. The second kappa shape index (κ2) is 8.08. The van der Waals surface area contributed by atoms with E-state index in [4.69, 9.17) is 10.7 Å². The Balaban J connectivity index is 1.73. The Labute approximate surface area is 173 Å². The maximum absolute atomic E-state index is 11.3. The number of carboxylic acid groups (broad SMARTS) is 1. The molecule has 7 heteroatoms. The van der Waals surface area contributed by atoms with E-state index >= 15 is 0 Å². The zero-order valence-corrected chi connectivity index (χ0v) is 16.4. The average molecular weight is 399 g/mol. The normalized spacial score (nSPS) is 10.7. The summed E-state index contributed by atoms with van der Waals surface area (Å²) in [5.41, 5.74) is 11.0. The highest BCUT2D eigenvalue weighted by molar-refractivity contribution is 5.70. The number of nitrogens with two attached hydrogens (primary N) is 1. The molecule has 0 unspecified atom stereocenters. The maximum atomic E-state index is 11.3. The molecule has 0 spiro atoms. The zero-order chi connectivity index (χ0) is 21.1. The first-order valence-electron chi connectivity index (χ1n) is 9.46. The van der Waals surface area contributed by atoms with E-state index in [0.29, 0.717) is 23.0 Å². The second-order valence-corrected chi connectivity index (χ2v) is 7.02. The Kier molecular flexibility index (Phi) is 5.17. The molecule has 4 aromatic rings. The lowest BCUT2D eigenvalue weighted by molar-refractivity contribution is 0.192. The van der Waals surface area contributed by atoms with Crippen LogP contribution in [0, 0.1) is 6.92 Å². The van der Waals surface area contributed by atoms with Gasteiger partial charge in [0.1, 0.15) is 5.82 Å². The van der Waals surface area contributed by atoms with Gasteiger partial charge in [0.05, 0.1) is 5.69 Å². The lowest BCUT2D eigenvalue weighted by atomic mass is 10.0. The molecule has 2 heterocycles. The van der Waals surface area contributed by atoms with Crippen molar-refractivity contribution in [2.45, 2.75) is 13.3 Å². The Hall–Kier alpha value is -4.13. The Morgan fingerprint density at radius 2 is 1.80 bits per heavy atom. The number of nitrogen functional groups attached to an aromatic ring is 1. The molecule has 2 aromatic heterocycles. The molecule has 4 N–H and O–H groups in total. The highest BCUT2D eigenvalue weighted by Gasteiger charge is 2.12. The molecule has 4 rings (SSSR count). The first-order chi connectivity index (χ1) is 14.5. The largest absolute Gasteiger partial charge is 0.463 e. The summed E-state index contributed by atoms with van der Waals surface area (Å²) in [4.78, 5) is 16.0. The van der Waals surface area contributed by atoms with Crippen molar-refractivity contribution in [2.75, 3.05) is 11.1 Å². The van der Waals surface area contributed by atoms with Crippen molar-refractivity contribution in [3.8, 4) is 11.3 Å². The number of nitrogens with zero attached hydrogens (tertiary/aromatic N) is 3. The molecule has 0 amide bonds. The molecule has 0 aliphatic carbocycles. The van der Waals surface area contributed by atoms with E-state index in [1.165, 1.54) is 5.56 Å². The summed E-state index contributed by atoms with van der Waals surface area (Å²) < 4.78 is 0.926. The first-order valence-corrected chi connectivity index (χ1v) is 9.46. The third kappa shape index (κ3) is 4.30. The van der Waals surface area contributed by atoms with Crippen LogP contribution in [0.5, 0.6) is 0 Å². The lowest BCUT2D eigenvalue weighted by Gasteiger charge is -2.11. The van der Waals surface area contributed by atoms with Crippen molar-refractivity contribution in [3.63, 3.8) is 0 Å². The number of pyridine rings is 1. The number of hydrogen-bond acceptors (Lipinski definition) is 5. The Bertz CT molecular complexity index is 1200. The summed E-state index contributed by atoms with van der Waals surface area (Å²) in [5.74, 6) is 0.994. The quantitative estimate of drug-likeness (QED) is 0.420. The summed E-state index contributed by atoms with van der Waals surface area (Å²) in [7, 11) is 0. The SMILES string of the molecule is Cc1cc(Nc2cc(Cc3ccccc3)cc(-c3cccc(N)c3)n2)nn1C(=O)O. The number of nitrogens with one attached hydrogen (secondary N) is 1. The molecule has 2 aromatic carbocycles. The van der Waals surface area contributed by atoms with Crippen LogP contribution in [-0.2, 0) is 6.42 Å². The molecule has 0 saturated carbocycles. The van der Waals surface area contributed by atoms with Crippen LogP contribution in [0.15, 0.2) is 72.8 Å². The molecule has 0 atom stereocenters. The minimum Gasteiger partial charge on any atom is -0.463 e. The van der Waals surface area contributed by atoms with Crippen LogP contribution in [0.1, 0.15) is 16.8 Å². The van der Waals surface area contributed by atoms with Crippen molar-refractivity contribution in [3.05, 3.63) is 89.6 Å². The fourth-order valence-corrected chi connectivity index (χ4v) is 3.29. The maximum Gasteiger partial charge on any atom is 0.432 e. The summed E-state index contributed by atoms with van der Waals surface area (Å²) in [6, 6.07) is 23.4. The number of anilines is 3. The van der Waals surface area contributed by atoms with Crippen molar-refractivity contribution < 1.29 is 9.90 Å². The number of benzene rings is 2. The van der Waals surface area contributed by atoms with Crippen molar-refractivity contribution in [1.82, 2.24) is 14.8 Å². The van der Waals surface area contributed by atoms with Gasteiger partial charge >= 0.3 is 6.09 Å². The number of aromatic nitrogens is 3. The molecule has 7 nitrogen and oxygen atoms in total. The van der Waals surface area contributed by atoms with E-state index in [-0.39, 0.29) is 0 Å². The minimum absolute atomic E-state index is 0.415. The van der Waals surface area contributed by atoms with E-state index in [1.807, 2.05) is 54.6 Å². The summed E-state index contributed by atoms with van der Waals surface area (Å²) in [6.45, 7) is 1.68. The topological polar surface area (TPSA) is 106 Å². The van der Waals surface area contributed by atoms with Crippen LogP contribution in [0.4, 0.5) is 22.1 Å². The van der Waals surface area contributed by atoms with Gasteiger partial charge in [-0.2, -0.15) is 4.68 Å². The monoisotopic (exact) mass is 399 g/mol. The van der Waals surface area contributed by atoms with Gasteiger partial charge in [0.2, 0.25) is 0 Å². The molecular formula is C23H21N5O2. The summed E-state index contributed by atoms with van der Waals surface area (Å²) >= 11 is 0. The standard InChI is InChI=1S/C23H21N5O2/c1-15-10-22(27-28(15)23(29)30)26-21-13-17(11-16-6-3-2-4-7-16)12-20(25-21)18-8-5-9-19(24)14-18/h2-10,12-14H,11,24H2,1H3,(H,29,30)(H,25,26,27). The molecule has 150 valence electrons. The Morgan fingerprint density at radius 3 is 2.50 bits per heavy atom. The highest BCUT2D eigenvalue weighted by atomic mass is 16.4. The van der Waals surface area contributed by atoms with Crippen molar-refractivity contribution in [2.24, 2.45) is 0 Å². The van der Waals surface area contributed by atoms with E-state index in [9.17, 15) is 9.90 Å². The van der Waals surface area contributed by atoms with E-state index < -0.39 is 6.09 Å². The van der Waals surface area contributed by atoms with E-state index in [0.717, 1.165) is 27.9 Å². The summed E-state index contributed by atoms with van der Waals surface area (Å²) in [5, 5.41) is 16.4. The molecule has 0 radical (unpaired) electrons. The molecule has 0 aliphatic rings. The molecule has 0 fully saturated rings. The van der Waals surface area contributed by atoms with Gasteiger partial charge in [-0.25, -0.2) is 9.78 Å². The van der Waals surface area contributed by atoms with Gasteiger partial charge < -0.3 is 16.2 Å². The van der Waals surface area contributed by atoms with E-state index in [1.54, 1.807) is 13.0 Å². The molecule has 0 bridgehead atoms. The van der Waals surface area contributed by atoms with Gasteiger partial charge in [-0.05, 0) is 48.7 Å². The van der Waals surface area contributed by atoms with Gasteiger partial charge in [0, 0.05) is 23.0 Å². The van der Waals surface area contributed by atoms with Crippen LogP contribution < -0.4 is 11.1 Å². The predicted octanol–water partition coefficient (Wildman–Crippen LogP) is 4.70. The van der Waals surface area contributed by atoms with E-state index in [2.05, 4.69) is 22.5 Å².